The second kappa shape index (κ2) is 5.13. The number of nitrogens with zero attached hydrogens (tertiary/aromatic N) is 1. The first-order valence-corrected chi connectivity index (χ1v) is 4.52. The van der Waals surface area contributed by atoms with Crippen molar-refractivity contribution in [2.75, 3.05) is 0 Å². The van der Waals surface area contributed by atoms with Crippen LogP contribution in [0.5, 0.6) is 5.75 Å². The molecule has 0 fully saturated rings. The van der Waals surface area contributed by atoms with Crippen molar-refractivity contribution < 1.29 is 20.2 Å². The van der Waals surface area contributed by atoms with Gasteiger partial charge in [-0.1, -0.05) is 11.2 Å². The van der Waals surface area contributed by atoms with Crippen molar-refractivity contribution in [1.29, 1.82) is 0 Å². The fourth-order valence-corrected chi connectivity index (χ4v) is 1.24. The van der Waals surface area contributed by atoms with E-state index in [0.717, 1.165) is 6.21 Å². The van der Waals surface area contributed by atoms with Crippen LogP contribution in [0.25, 0.3) is 0 Å². The summed E-state index contributed by atoms with van der Waals surface area (Å²) in [6.07, 6.45) is 1.20. The van der Waals surface area contributed by atoms with Crippen LogP contribution in [0, 0.1) is 0 Å². The minimum atomic E-state index is -1.09. The Balaban J connectivity index is 2.90. The van der Waals surface area contributed by atoms with E-state index in [0.29, 0.717) is 11.1 Å². The fourth-order valence-electron chi connectivity index (χ4n) is 1.24. The number of phenolic OH excluding ortho intramolecular Hbond substituents is 1. The average Bonchev–Trinajstić information content (AvgIpc) is 2.23. The molecule has 1 aromatic rings. The molecule has 0 heterocycles. The molecule has 5 N–H and O–H groups in total. The second-order valence-corrected chi connectivity index (χ2v) is 3.29. The lowest BCUT2D eigenvalue weighted by Crippen LogP contribution is -2.32. The summed E-state index contributed by atoms with van der Waals surface area (Å²) >= 11 is 0. The van der Waals surface area contributed by atoms with Gasteiger partial charge < -0.3 is 21.2 Å². The molecule has 0 saturated carbocycles. The molecule has 0 saturated heterocycles. The number of benzene rings is 1. The van der Waals surface area contributed by atoms with Gasteiger partial charge >= 0.3 is 5.97 Å². The maximum atomic E-state index is 10.5. The van der Waals surface area contributed by atoms with Crippen LogP contribution >= 0.6 is 0 Å². The largest absolute Gasteiger partial charge is 0.507 e. The molecule has 0 amide bonds. The van der Waals surface area contributed by atoms with Gasteiger partial charge in [0.05, 0.1) is 6.21 Å². The Morgan fingerprint density at radius 3 is 2.81 bits per heavy atom. The zero-order valence-corrected chi connectivity index (χ0v) is 8.37. The van der Waals surface area contributed by atoms with Crippen LogP contribution in [-0.2, 0) is 11.2 Å². The summed E-state index contributed by atoms with van der Waals surface area (Å²) in [7, 11) is 0. The Hall–Kier alpha value is -2.08. The molecular formula is C10H12N2O4. The SMILES string of the molecule is N[C@@H](Cc1ccc(O)c(/C=N/O)c1)C(=O)O. The monoisotopic (exact) mass is 224 g/mol. The lowest BCUT2D eigenvalue weighted by atomic mass is 10.0. The third-order valence-electron chi connectivity index (χ3n) is 2.06. The summed E-state index contributed by atoms with van der Waals surface area (Å²) in [4.78, 5) is 10.5. The molecule has 0 bridgehead atoms. The number of carboxylic acid groups (broad SMARTS) is 1. The zero-order valence-electron chi connectivity index (χ0n) is 8.37. The summed E-state index contributed by atoms with van der Waals surface area (Å²) in [5.74, 6) is -1.14. The van der Waals surface area contributed by atoms with Crippen molar-refractivity contribution in [2.45, 2.75) is 12.5 Å². The number of carboxylic acids is 1. The van der Waals surface area contributed by atoms with Gasteiger partial charge in [0.2, 0.25) is 0 Å². The van der Waals surface area contributed by atoms with Crippen LogP contribution in [0.2, 0.25) is 0 Å². The maximum absolute atomic E-state index is 10.5. The lowest BCUT2D eigenvalue weighted by molar-refractivity contribution is -0.138. The number of carbonyl (C=O) groups is 1. The summed E-state index contributed by atoms with van der Waals surface area (Å²) in [6.45, 7) is 0. The first-order valence-electron chi connectivity index (χ1n) is 4.52. The Bertz CT molecular complexity index is 417. The highest BCUT2D eigenvalue weighted by atomic mass is 16.4. The van der Waals surface area contributed by atoms with Gasteiger partial charge in [-0.3, -0.25) is 4.79 Å². The van der Waals surface area contributed by atoms with E-state index in [1.54, 1.807) is 6.07 Å². The van der Waals surface area contributed by atoms with Crippen LogP contribution in [0.15, 0.2) is 23.4 Å². The predicted molar refractivity (Wildman–Crippen MR) is 56.8 cm³/mol. The third kappa shape index (κ3) is 2.96. The van der Waals surface area contributed by atoms with Crippen LogP contribution in [0.3, 0.4) is 0 Å². The summed E-state index contributed by atoms with van der Waals surface area (Å²) in [5.41, 5.74) is 6.31. The molecule has 1 aromatic carbocycles. The number of aliphatic carboxylic acids is 1. The van der Waals surface area contributed by atoms with Crippen LogP contribution in [-0.4, -0.2) is 33.6 Å². The van der Waals surface area contributed by atoms with Gasteiger partial charge in [0.1, 0.15) is 11.8 Å². The highest BCUT2D eigenvalue weighted by molar-refractivity contribution is 5.83. The normalized spacial score (nSPS) is 12.8. The molecule has 6 nitrogen and oxygen atoms in total. The van der Waals surface area contributed by atoms with E-state index >= 15 is 0 Å². The average molecular weight is 224 g/mol. The van der Waals surface area contributed by atoms with Gasteiger partial charge in [0, 0.05) is 5.56 Å². The van der Waals surface area contributed by atoms with E-state index in [1.807, 2.05) is 0 Å². The quantitative estimate of drug-likeness (QED) is 0.330. The number of phenols is 1. The molecule has 1 atom stereocenters. The van der Waals surface area contributed by atoms with Crippen LogP contribution in [0.1, 0.15) is 11.1 Å². The molecule has 16 heavy (non-hydrogen) atoms. The van der Waals surface area contributed by atoms with Crippen molar-refractivity contribution in [3.8, 4) is 5.75 Å². The highest BCUT2D eigenvalue weighted by Crippen LogP contribution is 2.17. The molecule has 0 aliphatic heterocycles. The Morgan fingerprint density at radius 2 is 2.25 bits per heavy atom. The highest BCUT2D eigenvalue weighted by Gasteiger charge is 2.12. The van der Waals surface area contributed by atoms with E-state index in [9.17, 15) is 9.90 Å². The van der Waals surface area contributed by atoms with E-state index in [1.165, 1.54) is 12.1 Å². The first kappa shape index (κ1) is 12.0. The fraction of sp³-hybridized carbons (Fsp3) is 0.200. The Morgan fingerprint density at radius 1 is 1.56 bits per heavy atom. The summed E-state index contributed by atoms with van der Waals surface area (Å²) in [6, 6.07) is 3.47. The minimum Gasteiger partial charge on any atom is -0.507 e. The van der Waals surface area contributed by atoms with E-state index in [-0.39, 0.29) is 12.2 Å². The van der Waals surface area contributed by atoms with Crippen LogP contribution in [0.4, 0.5) is 0 Å². The molecule has 86 valence electrons. The Kier molecular flexibility index (Phi) is 3.84. The number of hydrogen-bond donors (Lipinski definition) is 4. The topological polar surface area (TPSA) is 116 Å². The molecule has 0 aliphatic rings. The number of nitrogens with two attached hydrogens (primary N) is 1. The predicted octanol–water partition coefficient (Wildman–Crippen LogP) is 0.155. The summed E-state index contributed by atoms with van der Waals surface area (Å²) in [5, 5.41) is 29.1. The van der Waals surface area contributed by atoms with Gasteiger partial charge in [-0.15, -0.1) is 0 Å². The third-order valence-corrected chi connectivity index (χ3v) is 2.06. The van der Waals surface area contributed by atoms with Gasteiger partial charge in [-0.05, 0) is 24.1 Å². The molecule has 0 unspecified atom stereocenters. The van der Waals surface area contributed by atoms with Gasteiger partial charge in [0.15, 0.2) is 0 Å². The molecule has 0 aromatic heterocycles. The molecule has 0 spiro atoms. The number of oxime groups is 1. The van der Waals surface area contributed by atoms with Crippen molar-refractivity contribution in [1.82, 2.24) is 0 Å². The smallest absolute Gasteiger partial charge is 0.320 e. The number of rotatable bonds is 4. The van der Waals surface area contributed by atoms with Gasteiger partial charge in [0.25, 0.3) is 0 Å². The zero-order chi connectivity index (χ0) is 12.1. The molecule has 1 rings (SSSR count). The molecule has 0 radical (unpaired) electrons. The van der Waals surface area contributed by atoms with Gasteiger partial charge in [-0.25, -0.2) is 0 Å². The number of aromatic hydroxyl groups is 1. The van der Waals surface area contributed by atoms with Crippen LogP contribution < -0.4 is 5.73 Å². The molecule has 6 heteroatoms. The van der Waals surface area contributed by atoms with Crippen molar-refractivity contribution in [2.24, 2.45) is 10.9 Å². The van der Waals surface area contributed by atoms with Crippen molar-refractivity contribution in [3.63, 3.8) is 0 Å². The van der Waals surface area contributed by atoms with Crippen molar-refractivity contribution >= 4 is 12.2 Å². The van der Waals surface area contributed by atoms with Gasteiger partial charge in [-0.2, -0.15) is 0 Å². The Labute approximate surface area is 91.6 Å². The van der Waals surface area contributed by atoms with E-state index in [2.05, 4.69) is 5.16 Å². The lowest BCUT2D eigenvalue weighted by Gasteiger charge is -2.07. The first-order chi connectivity index (χ1) is 7.54. The van der Waals surface area contributed by atoms with Crippen molar-refractivity contribution in [3.05, 3.63) is 29.3 Å². The summed E-state index contributed by atoms with van der Waals surface area (Å²) < 4.78 is 0. The second-order valence-electron chi connectivity index (χ2n) is 3.29. The number of hydrogen-bond acceptors (Lipinski definition) is 5. The minimum absolute atomic E-state index is 0.0505. The maximum Gasteiger partial charge on any atom is 0.320 e. The van der Waals surface area contributed by atoms with E-state index in [4.69, 9.17) is 16.0 Å². The van der Waals surface area contributed by atoms with E-state index < -0.39 is 12.0 Å². The standard InChI is InChI=1S/C10H12N2O4/c11-8(10(14)15)4-6-1-2-9(13)7(3-6)5-12-16/h1-3,5,8,13,16H,4,11H2,(H,14,15)/b12-5+/t8-/m0/s1. The molecule has 0 aliphatic carbocycles. The molecular weight excluding hydrogens is 212 g/mol.